The minimum absolute atomic E-state index is 0.144. The summed E-state index contributed by atoms with van der Waals surface area (Å²) in [7, 11) is 0. The van der Waals surface area contributed by atoms with Gasteiger partial charge < -0.3 is 14.8 Å². The summed E-state index contributed by atoms with van der Waals surface area (Å²) in [5.74, 6) is 1.35. The summed E-state index contributed by atoms with van der Waals surface area (Å²) in [5.41, 5.74) is 0.115. The lowest BCUT2D eigenvalue weighted by atomic mass is 9.78. The van der Waals surface area contributed by atoms with E-state index < -0.39 is 5.60 Å². The van der Waals surface area contributed by atoms with Crippen LogP contribution in [0.4, 0.5) is 5.69 Å². The highest BCUT2D eigenvalue weighted by atomic mass is 16.5. The molecule has 1 saturated carbocycles. The van der Waals surface area contributed by atoms with Gasteiger partial charge in [0.15, 0.2) is 0 Å². The van der Waals surface area contributed by atoms with Crippen LogP contribution < -0.4 is 10.1 Å². The molecule has 1 aliphatic rings. The lowest BCUT2D eigenvalue weighted by molar-refractivity contribution is -0.148. The summed E-state index contributed by atoms with van der Waals surface area (Å²) in [5, 5.41) is 12.5. The highest BCUT2D eigenvalue weighted by Gasteiger charge is 2.42. The fourth-order valence-electron chi connectivity index (χ4n) is 3.52. The number of amides is 1. The zero-order chi connectivity index (χ0) is 19.9. The van der Waals surface area contributed by atoms with Crippen LogP contribution in [-0.2, 0) is 9.53 Å². The highest BCUT2D eigenvalue weighted by molar-refractivity contribution is 5.98. The standard InChI is InChI=1S/C22H32N2O3/c1-5-11-27-22(10-6-7-17(4)13-22)21(25)24-20-9-8-19(12-18(20)14-23)26-15-16(2)3/h8-9,12,16-17H,5-7,10-11,13,15H2,1-4H3,(H,24,25)/t17-,22-/m1/s1. The largest absolute Gasteiger partial charge is 0.493 e. The maximum absolute atomic E-state index is 13.1. The zero-order valence-electron chi connectivity index (χ0n) is 17.0. The quantitative estimate of drug-likeness (QED) is 0.704. The predicted octanol–water partition coefficient (Wildman–Crippen LogP) is 4.91. The number of nitriles is 1. The number of hydrogen-bond donors (Lipinski definition) is 1. The molecule has 0 bridgehead atoms. The molecule has 2 rings (SSSR count). The first-order valence-corrected chi connectivity index (χ1v) is 10.0. The van der Waals surface area contributed by atoms with Gasteiger partial charge in [0, 0.05) is 6.61 Å². The summed E-state index contributed by atoms with van der Waals surface area (Å²) in [6.07, 6.45) is 4.41. The molecule has 0 saturated heterocycles. The number of rotatable bonds is 8. The average molecular weight is 373 g/mol. The SMILES string of the molecule is CCCO[C@]1(C(=O)Nc2ccc(OCC(C)C)cc2C#N)CCC[C@@H](C)C1. The molecule has 1 aromatic rings. The maximum atomic E-state index is 13.1. The van der Waals surface area contributed by atoms with Crippen molar-refractivity contribution < 1.29 is 14.3 Å². The second-order valence-corrected chi connectivity index (χ2v) is 8.02. The van der Waals surface area contributed by atoms with Crippen molar-refractivity contribution in [1.29, 1.82) is 5.26 Å². The number of nitrogens with one attached hydrogen (secondary N) is 1. The molecule has 0 aliphatic heterocycles. The van der Waals surface area contributed by atoms with Crippen LogP contribution in [-0.4, -0.2) is 24.7 Å². The van der Waals surface area contributed by atoms with E-state index in [9.17, 15) is 10.1 Å². The topological polar surface area (TPSA) is 71.3 Å². The number of nitrogens with zero attached hydrogens (tertiary/aromatic N) is 1. The van der Waals surface area contributed by atoms with Gasteiger partial charge in [0.2, 0.25) is 0 Å². The predicted molar refractivity (Wildman–Crippen MR) is 107 cm³/mol. The van der Waals surface area contributed by atoms with Crippen LogP contribution in [0.15, 0.2) is 18.2 Å². The summed E-state index contributed by atoms with van der Waals surface area (Å²) < 4.78 is 11.8. The van der Waals surface area contributed by atoms with Crippen molar-refractivity contribution in [3.8, 4) is 11.8 Å². The van der Waals surface area contributed by atoms with E-state index in [1.165, 1.54) is 0 Å². The number of hydrogen-bond acceptors (Lipinski definition) is 4. The van der Waals surface area contributed by atoms with E-state index in [2.05, 4.69) is 32.2 Å². The molecule has 5 heteroatoms. The van der Waals surface area contributed by atoms with Crippen LogP contribution >= 0.6 is 0 Å². The minimum atomic E-state index is -0.798. The van der Waals surface area contributed by atoms with E-state index in [1.54, 1.807) is 18.2 Å². The van der Waals surface area contributed by atoms with Gasteiger partial charge in [0.1, 0.15) is 17.4 Å². The first-order chi connectivity index (χ1) is 12.9. The molecule has 0 radical (unpaired) electrons. The van der Waals surface area contributed by atoms with Crippen LogP contribution in [0.2, 0.25) is 0 Å². The van der Waals surface area contributed by atoms with Crippen molar-refractivity contribution in [3.63, 3.8) is 0 Å². The highest BCUT2D eigenvalue weighted by Crippen LogP contribution is 2.37. The summed E-state index contributed by atoms with van der Waals surface area (Å²) in [6, 6.07) is 7.38. The number of carbonyl (C=O) groups excluding carboxylic acids is 1. The molecular formula is C22H32N2O3. The minimum Gasteiger partial charge on any atom is -0.493 e. The number of carbonyl (C=O) groups is 1. The first-order valence-electron chi connectivity index (χ1n) is 10.0. The van der Waals surface area contributed by atoms with Crippen molar-refractivity contribution in [1.82, 2.24) is 0 Å². The molecule has 0 aromatic heterocycles. The molecule has 0 unspecified atom stereocenters. The molecule has 0 spiro atoms. The van der Waals surface area contributed by atoms with Crippen LogP contribution in [0.5, 0.6) is 5.75 Å². The lowest BCUT2D eigenvalue weighted by Gasteiger charge is -2.38. The third-order valence-electron chi connectivity index (χ3n) is 4.90. The molecule has 148 valence electrons. The average Bonchev–Trinajstić information content (AvgIpc) is 2.65. The molecule has 0 heterocycles. The van der Waals surface area contributed by atoms with E-state index in [4.69, 9.17) is 9.47 Å². The van der Waals surface area contributed by atoms with E-state index in [1.807, 2.05) is 6.92 Å². The van der Waals surface area contributed by atoms with Gasteiger partial charge in [-0.05, 0) is 55.7 Å². The van der Waals surface area contributed by atoms with Gasteiger partial charge in [-0.3, -0.25) is 4.79 Å². The third-order valence-corrected chi connectivity index (χ3v) is 4.90. The van der Waals surface area contributed by atoms with Crippen LogP contribution in [0.1, 0.15) is 65.4 Å². The fraction of sp³-hybridized carbons (Fsp3) is 0.636. The Hall–Kier alpha value is -2.06. The Morgan fingerprint density at radius 1 is 1.44 bits per heavy atom. The van der Waals surface area contributed by atoms with Gasteiger partial charge in [-0.1, -0.05) is 34.1 Å². The van der Waals surface area contributed by atoms with Crippen LogP contribution in [0, 0.1) is 23.2 Å². The van der Waals surface area contributed by atoms with Crippen molar-refractivity contribution in [2.24, 2.45) is 11.8 Å². The number of benzene rings is 1. The lowest BCUT2D eigenvalue weighted by Crippen LogP contribution is -2.48. The second kappa shape index (κ2) is 9.75. The summed E-state index contributed by atoms with van der Waals surface area (Å²) >= 11 is 0. The molecule has 1 aliphatic carbocycles. The Morgan fingerprint density at radius 2 is 2.22 bits per heavy atom. The van der Waals surface area contributed by atoms with Crippen LogP contribution in [0.3, 0.4) is 0 Å². The molecule has 27 heavy (non-hydrogen) atoms. The molecular weight excluding hydrogens is 340 g/mol. The van der Waals surface area contributed by atoms with E-state index in [0.717, 1.165) is 32.1 Å². The maximum Gasteiger partial charge on any atom is 0.256 e. The van der Waals surface area contributed by atoms with Gasteiger partial charge in [-0.15, -0.1) is 0 Å². The van der Waals surface area contributed by atoms with Crippen LogP contribution in [0.25, 0.3) is 0 Å². The van der Waals surface area contributed by atoms with Crippen molar-refractivity contribution in [2.45, 2.75) is 65.4 Å². The summed E-state index contributed by atoms with van der Waals surface area (Å²) in [4.78, 5) is 13.1. The smallest absolute Gasteiger partial charge is 0.256 e. The Bertz CT molecular complexity index is 681. The van der Waals surface area contributed by atoms with Gasteiger partial charge in [0.05, 0.1) is 17.9 Å². The van der Waals surface area contributed by atoms with Gasteiger partial charge in [0.25, 0.3) is 5.91 Å². The van der Waals surface area contributed by atoms with Crippen molar-refractivity contribution in [3.05, 3.63) is 23.8 Å². The number of ether oxygens (including phenoxy) is 2. The Labute approximate surface area is 163 Å². The Balaban J connectivity index is 2.17. The molecule has 1 aromatic carbocycles. The normalized spacial score (nSPS) is 22.3. The van der Waals surface area contributed by atoms with E-state index in [0.29, 0.717) is 42.0 Å². The number of anilines is 1. The van der Waals surface area contributed by atoms with Gasteiger partial charge in [-0.25, -0.2) is 0 Å². The second-order valence-electron chi connectivity index (χ2n) is 8.02. The van der Waals surface area contributed by atoms with Gasteiger partial charge >= 0.3 is 0 Å². The first kappa shape index (κ1) is 21.2. The van der Waals surface area contributed by atoms with E-state index in [-0.39, 0.29) is 5.91 Å². The molecule has 1 N–H and O–H groups in total. The molecule has 1 fully saturated rings. The Kier molecular flexibility index (Phi) is 7.67. The fourth-order valence-corrected chi connectivity index (χ4v) is 3.52. The molecule has 5 nitrogen and oxygen atoms in total. The summed E-state index contributed by atoms with van der Waals surface area (Å²) in [6.45, 7) is 9.50. The molecule has 2 atom stereocenters. The zero-order valence-corrected chi connectivity index (χ0v) is 17.0. The van der Waals surface area contributed by atoms with Gasteiger partial charge in [-0.2, -0.15) is 5.26 Å². The third kappa shape index (κ3) is 5.71. The van der Waals surface area contributed by atoms with E-state index >= 15 is 0 Å². The monoisotopic (exact) mass is 372 g/mol. The Morgan fingerprint density at radius 3 is 2.85 bits per heavy atom. The van der Waals surface area contributed by atoms with Crippen molar-refractivity contribution >= 4 is 11.6 Å². The molecule has 1 amide bonds. The van der Waals surface area contributed by atoms with Crippen molar-refractivity contribution in [2.75, 3.05) is 18.5 Å².